The number of primary amides is 1. The molecule has 0 bridgehead atoms. The van der Waals surface area contributed by atoms with Gasteiger partial charge in [0.1, 0.15) is 12.4 Å². The Balaban J connectivity index is 2.86. The van der Waals surface area contributed by atoms with Crippen molar-refractivity contribution in [3.8, 4) is 0 Å². The van der Waals surface area contributed by atoms with Crippen molar-refractivity contribution >= 4 is 11.6 Å². The van der Waals surface area contributed by atoms with Crippen molar-refractivity contribution in [3.63, 3.8) is 0 Å². The second-order valence-electron chi connectivity index (χ2n) is 4.00. The maximum absolute atomic E-state index is 12.7. The monoisotopic (exact) mass is 238 g/mol. The summed E-state index contributed by atoms with van der Waals surface area (Å²) in [4.78, 5) is 16.2. The van der Waals surface area contributed by atoms with E-state index < -0.39 is 5.91 Å². The van der Waals surface area contributed by atoms with Gasteiger partial charge in [-0.25, -0.2) is 4.39 Å². The van der Waals surface area contributed by atoms with Gasteiger partial charge in [0.15, 0.2) is 5.71 Å². The topological polar surface area (TPSA) is 64.7 Å². The smallest absolute Gasteiger partial charge is 0.271 e. The van der Waals surface area contributed by atoms with Gasteiger partial charge in [0.25, 0.3) is 5.91 Å². The average molecular weight is 238 g/mol. The second kappa shape index (κ2) is 5.98. The fourth-order valence-corrected chi connectivity index (χ4v) is 1.10. The zero-order valence-corrected chi connectivity index (χ0v) is 9.81. The lowest BCUT2D eigenvalue weighted by molar-refractivity contribution is -0.112. The highest BCUT2D eigenvalue weighted by Crippen LogP contribution is 2.05. The number of hydrogen-bond acceptors (Lipinski definition) is 3. The van der Waals surface area contributed by atoms with Crippen molar-refractivity contribution in [1.29, 1.82) is 0 Å². The van der Waals surface area contributed by atoms with Gasteiger partial charge in [0, 0.05) is 5.56 Å². The van der Waals surface area contributed by atoms with E-state index in [1.165, 1.54) is 24.3 Å². The van der Waals surface area contributed by atoms with Gasteiger partial charge in [-0.05, 0) is 30.2 Å². The first-order valence-corrected chi connectivity index (χ1v) is 5.26. The van der Waals surface area contributed by atoms with Crippen molar-refractivity contribution < 1.29 is 14.0 Å². The van der Waals surface area contributed by atoms with Crippen LogP contribution in [0.5, 0.6) is 0 Å². The number of carbonyl (C=O) groups is 1. The number of carbonyl (C=O) groups excluding carboxylic acids is 1. The molecule has 0 heterocycles. The highest BCUT2D eigenvalue weighted by atomic mass is 19.1. The van der Waals surface area contributed by atoms with Gasteiger partial charge in [0.05, 0.1) is 0 Å². The molecule has 1 rings (SSSR count). The predicted octanol–water partition coefficient (Wildman–Crippen LogP) is 1.69. The van der Waals surface area contributed by atoms with Crippen molar-refractivity contribution in [2.75, 3.05) is 6.61 Å². The Labute approximate surface area is 99.3 Å². The average Bonchev–Trinajstić information content (AvgIpc) is 2.25. The van der Waals surface area contributed by atoms with Crippen LogP contribution in [0.2, 0.25) is 0 Å². The molecular weight excluding hydrogens is 223 g/mol. The summed E-state index contributed by atoms with van der Waals surface area (Å²) in [5.74, 6) is -0.804. The summed E-state index contributed by atoms with van der Waals surface area (Å²) in [5, 5.41) is 3.68. The van der Waals surface area contributed by atoms with Crippen LogP contribution < -0.4 is 5.73 Å². The summed E-state index contributed by atoms with van der Waals surface area (Å²) in [6.45, 7) is 4.30. The third kappa shape index (κ3) is 4.22. The molecular formula is C12H15FN2O2. The minimum absolute atomic E-state index is 0.00866. The normalized spacial score (nSPS) is 11.6. The molecule has 2 N–H and O–H groups in total. The zero-order valence-electron chi connectivity index (χ0n) is 9.81. The Morgan fingerprint density at radius 1 is 1.41 bits per heavy atom. The molecule has 1 aromatic carbocycles. The van der Waals surface area contributed by atoms with Crippen LogP contribution in [0.15, 0.2) is 29.4 Å². The third-order valence-corrected chi connectivity index (χ3v) is 1.91. The first-order valence-electron chi connectivity index (χ1n) is 5.26. The van der Waals surface area contributed by atoms with E-state index in [2.05, 4.69) is 5.16 Å². The predicted molar refractivity (Wildman–Crippen MR) is 62.9 cm³/mol. The van der Waals surface area contributed by atoms with Crippen LogP contribution in [0, 0.1) is 11.7 Å². The van der Waals surface area contributed by atoms with Crippen molar-refractivity contribution in [1.82, 2.24) is 0 Å². The van der Waals surface area contributed by atoms with Gasteiger partial charge in [-0.2, -0.15) is 0 Å². The molecule has 0 aliphatic heterocycles. The van der Waals surface area contributed by atoms with Crippen LogP contribution in [0.4, 0.5) is 4.39 Å². The largest absolute Gasteiger partial charge is 0.395 e. The van der Waals surface area contributed by atoms with E-state index >= 15 is 0 Å². The molecule has 0 aromatic heterocycles. The Kier molecular flexibility index (Phi) is 4.63. The summed E-state index contributed by atoms with van der Waals surface area (Å²) in [6.07, 6.45) is 0. The summed E-state index contributed by atoms with van der Waals surface area (Å²) in [6, 6.07) is 5.32. The molecule has 0 fully saturated rings. The summed E-state index contributed by atoms with van der Waals surface area (Å²) in [5.41, 5.74) is 5.60. The molecule has 0 saturated carbocycles. The molecule has 92 valence electrons. The Hall–Kier alpha value is -1.91. The van der Waals surface area contributed by atoms with Crippen LogP contribution in [0.25, 0.3) is 0 Å². The van der Waals surface area contributed by atoms with Crippen molar-refractivity contribution in [3.05, 3.63) is 35.6 Å². The lowest BCUT2D eigenvalue weighted by Gasteiger charge is -2.05. The van der Waals surface area contributed by atoms with Gasteiger partial charge in [-0.3, -0.25) is 4.79 Å². The number of amides is 1. The van der Waals surface area contributed by atoms with Crippen LogP contribution in [-0.4, -0.2) is 18.2 Å². The molecule has 5 heteroatoms. The van der Waals surface area contributed by atoms with Gasteiger partial charge in [0.2, 0.25) is 0 Å². The summed E-state index contributed by atoms with van der Waals surface area (Å²) >= 11 is 0. The second-order valence-corrected chi connectivity index (χ2v) is 4.00. The SMILES string of the molecule is CC(C)CO/N=C(/C(N)=O)c1ccc(F)cc1. The number of nitrogens with two attached hydrogens (primary N) is 1. The fourth-order valence-electron chi connectivity index (χ4n) is 1.10. The van der Waals surface area contributed by atoms with Gasteiger partial charge in [-0.1, -0.05) is 19.0 Å². The minimum atomic E-state index is -0.708. The Morgan fingerprint density at radius 2 is 2.00 bits per heavy atom. The molecule has 0 saturated heterocycles. The quantitative estimate of drug-likeness (QED) is 0.626. The van der Waals surface area contributed by atoms with E-state index in [9.17, 15) is 9.18 Å². The molecule has 0 radical (unpaired) electrons. The van der Waals surface area contributed by atoms with Crippen LogP contribution >= 0.6 is 0 Å². The van der Waals surface area contributed by atoms with E-state index in [0.29, 0.717) is 18.1 Å². The number of hydrogen-bond donors (Lipinski definition) is 1. The number of nitrogens with zero attached hydrogens (tertiary/aromatic N) is 1. The Bertz CT molecular complexity index is 413. The molecule has 0 aliphatic rings. The molecule has 1 amide bonds. The van der Waals surface area contributed by atoms with E-state index in [1.54, 1.807) is 0 Å². The molecule has 17 heavy (non-hydrogen) atoms. The maximum Gasteiger partial charge on any atom is 0.271 e. The molecule has 4 nitrogen and oxygen atoms in total. The van der Waals surface area contributed by atoms with Crippen LogP contribution in [-0.2, 0) is 9.63 Å². The summed E-state index contributed by atoms with van der Waals surface area (Å²) in [7, 11) is 0. The van der Waals surface area contributed by atoms with E-state index in [4.69, 9.17) is 10.6 Å². The lowest BCUT2D eigenvalue weighted by Crippen LogP contribution is -2.24. The fraction of sp³-hybridized carbons (Fsp3) is 0.333. The standard InChI is InChI=1S/C12H15FN2O2/c1-8(2)7-17-15-11(12(14)16)9-3-5-10(13)6-4-9/h3-6,8H,7H2,1-2H3,(H2,14,16)/b15-11+. The summed E-state index contributed by atoms with van der Waals surface area (Å²) < 4.78 is 12.7. The molecule has 0 unspecified atom stereocenters. The lowest BCUT2D eigenvalue weighted by atomic mass is 10.1. The minimum Gasteiger partial charge on any atom is -0.395 e. The van der Waals surface area contributed by atoms with Gasteiger partial charge in [-0.15, -0.1) is 0 Å². The number of rotatable bonds is 5. The number of benzene rings is 1. The highest BCUT2D eigenvalue weighted by Gasteiger charge is 2.11. The van der Waals surface area contributed by atoms with Crippen molar-refractivity contribution in [2.24, 2.45) is 16.8 Å². The van der Waals surface area contributed by atoms with Crippen LogP contribution in [0.1, 0.15) is 19.4 Å². The Morgan fingerprint density at radius 3 is 2.47 bits per heavy atom. The first kappa shape index (κ1) is 13.2. The van der Waals surface area contributed by atoms with E-state index in [0.717, 1.165) is 0 Å². The van der Waals surface area contributed by atoms with Crippen LogP contribution in [0.3, 0.4) is 0 Å². The van der Waals surface area contributed by atoms with E-state index in [1.807, 2.05) is 13.8 Å². The molecule has 0 aliphatic carbocycles. The molecule has 1 aromatic rings. The number of oxime groups is 1. The molecule has 0 atom stereocenters. The van der Waals surface area contributed by atoms with Crippen molar-refractivity contribution in [2.45, 2.75) is 13.8 Å². The molecule has 0 spiro atoms. The first-order chi connectivity index (χ1) is 8.00. The van der Waals surface area contributed by atoms with E-state index in [-0.39, 0.29) is 11.5 Å². The maximum atomic E-state index is 12.7. The zero-order chi connectivity index (χ0) is 12.8. The highest BCUT2D eigenvalue weighted by molar-refractivity contribution is 6.44. The van der Waals surface area contributed by atoms with Gasteiger partial charge < -0.3 is 10.6 Å². The third-order valence-electron chi connectivity index (χ3n) is 1.91. The number of halogens is 1. The van der Waals surface area contributed by atoms with Gasteiger partial charge >= 0.3 is 0 Å².